The molecule has 0 aliphatic carbocycles. The first-order valence-corrected chi connectivity index (χ1v) is 6.22. The van der Waals surface area contributed by atoms with Gasteiger partial charge in [0.1, 0.15) is 0 Å². The van der Waals surface area contributed by atoms with E-state index in [4.69, 9.17) is 4.52 Å². The van der Waals surface area contributed by atoms with Gasteiger partial charge in [0.05, 0.1) is 6.61 Å². The Morgan fingerprint density at radius 1 is 1.50 bits per heavy atom. The molecule has 0 radical (unpaired) electrons. The summed E-state index contributed by atoms with van der Waals surface area (Å²) >= 11 is 0. The van der Waals surface area contributed by atoms with Crippen LogP contribution in [0.25, 0.3) is 0 Å². The van der Waals surface area contributed by atoms with Crippen molar-refractivity contribution < 1.29 is 9.09 Å². The Labute approximate surface area is 83.2 Å². The van der Waals surface area contributed by atoms with Gasteiger partial charge in [-0.05, 0) is 18.6 Å². The Hall–Kier alpha value is -0.830. The summed E-state index contributed by atoms with van der Waals surface area (Å²) in [6, 6.07) is 7.76. The summed E-state index contributed by atoms with van der Waals surface area (Å²) in [6.45, 7) is 2.84. The average molecular weight is 212 g/mol. The summed E-state index contributed by atoms with van der Waals surface area (Å²) in [7, 11) is -2.85. The lowest BCUT2D eigenvalue weighted by atomic mass is 10.2. The molecule has 2 rings (SSSR count). The lowest BCUT2D eigenvalue weighted by Gasteiger charge is -2.27. The molecule has 0 spiro atoms. The highest BCUT2D eigenvalue weighted by molar-refractivity contribution is 7.58. The third kappa shape index (κ3) is 1.82. The van der Waals surface area contributed by atoms with Gasteiger partial charge in [0.15, 0.2) is 0 Å². The molecule has 14 heavy (non-hydrogen) atoms. The summed E-state index contributed by atoms with van der Waals surface area (Å²) in [5, 5.41) is 5.77. The highest BCUT2D eigenvalue weighted by atomic mass is 31.2. The lowest BCUT2D eigenvalue weighted by molar-refractivity contribution is 0.327. The Kier molecular flexibility index (Phi) is 2.59. The third-order valence-corrected chi connectivity index (χ3v) is 3.81. The van der Waals surface area contributed by atoms with Crippen molar-refractivity contribution in [1.82, 2.24) is 5.09 Å². The minimum absolute atomic E-state index is 0.430. The van der Waals surface area contributed by atoms with E-state index in [1.165, 1.54) is 0 Å². The average Bonchev–Trinajstić information content (AvgIpc) is 2.17. The summed E-state index contributed by atoms with van der Waals surface area (Å²) in [5.41, 5.74) is 2.00. The second kappa shape index (κ2) is 3.73. The van der Waals surface area contributed by atoms with Crippen molar-refractivity contribution in [3.8, 4) is 0 Å². The van der Waals surface area contributed by atoms with Crippen molar-refractivity contribution in [3.63, 3.8) is 0 Å². The number of para-hydroxylation sites is 1. The van der Waals surface area contributed by atoms with E-state index >= 15 is 0 Å². The maximum Gasteiger partial charge on any atom is 0.366 e. The first kappa shape index (κ1) is 9.71. The predicted octanol–water partition coefficient (Wildman–Crippen LogP) is 2.35. The monoisotopic (exact) mass is 212 g/mol. The Balaban J connectivity index is 2.25. The smallest absolute Gasteiger partial charge is 0.303 e. The first-order chi connectivity index (χ1) is 6.73. The molecule has 2 N–H and O–H groups in total. The van der Waals surface area contributed by atoms with Crippen LogP contribution >= 0.6 is 7.67 Å². The predicted molar refractivity (Wildman–Crippen MR) is 56.1 cm³/mol. The van der Waals surface area contributed by atoms with Crippen LogP contribution < -0.4 is 10.2 Å². The van der Waals surface area contributed by atoms with Crippen molar-refractivity contribution >= 4 is 13.4 Å². The molecule has 1 aromatic rings. The van der Waals surface area contributed by atoms with Crippen molar-refractivity contribution in [3.05, 3.63) is 29.8 Å². The van der Waals surface area contributed by atoms with Crippen LogP contribution in [0.1, 0.15) is 12.5 Å². The lowest BCUT2D eigenvalue weighted by Crippen LogP contribution is -2.23. The van der Waals surface area contributed by atoms with Crippen LogP contribution in [0.2, 0.25) is 0 Å². The molecule has 5 heteroatoms. The van der Waals surface area contributed by atoms with Crippen LogP contribution in [-0.2, 0) is 15.6 Å². The molecule has 0 saturated heterocycles. The van der Waals surface area contributed by atoms with Gasteiger partial charge in [0.25, 0.3) is 0 Å². The zero-order valence-corrected chi connectivity index (χ0v) is 8.88. The second-order valence-electron chi connectivity index (χ2n) is 3.07. The minimum atomic E-state index is -2.85. The first-order valence-electron chi connectivity index (χ1n) is 4.59. The van der Waals surface area contributed by atoms with E-state index in [2.05, 4.69) is 10.2 Å². The van der Waals surface area contributed by atoms with Crippen molar-refractivity contribution in [2.75, 3.05) is 11.7 Å². The Morgan fingerprint density at radius 2 is 2.29 bits per heavy atom. The fraction of sp³-hybridized carbons (Fsp3) is 0.333. The van der Waals surface area contributed by atoms with E-state index in [0.717, 1.165) is 11.3 Å². The molecule has 4 nitrogen and oxygen atoms in total. The zero-order chi connectivity index (χ0) is 10.0. The number of hydrogen-bond acceptors (Lipinski definition) is 2. The van der Waals surface area contributed by atoms with Gasteiger partial charge < -0.3 is 9.61 Å². The zero-order valence-electron chi connectivity index (χ0n) is 7.99. The number of fused-ring (bicyclic) bond motifs is 1. The molecule has 1 atom stereocenters. The third-order valence-electron chi connectivity index (χ3n) is 2.07. The normalized spacial score (nSPS) is 25.2. The van der Waals surface area contributed by atoms with E-state index in [-0.39, 0.29) is 0 Å². The quantitative estimate of drug-likeness (QED) is 0.739. The van der Waals surface area contributed by atoms with Crippen LogP contribution in [0.4, 0.5) is 5.69 Å². The molecule has 76 valence electrons. The van der Waals surface area contributed by atoms with Gasteiger partial charge in [-0.3, -0.25) is 0 Å². The minimum Gasteiger partial charge on any atom is -0.303 e. The largest absolute Gasteiger partial charge is 0.366 e. The molecule has 0 amide bonds. The van der Waals surface area contributed by atoms with Crippen LogP contribution in [-0.4, -0.2) is 6.61 Å². The standard InChI is InChI=1S/C9H13N2O2P/c1-2-13-14(12)10-7-8-5-3-4-6-9(8)11-14/h3-6H,2,7H2,1H3,(H2,10,11,12). The Morgan fingerprint density at radius 3 is 3.07 bits per heavy atom. The highest BCUT2D eigenvalue weighted by Gasteiger charge is 2.27. The fourth-order valence-electron chi connectivity index (χ4n) is 1.43. The maximum atomic E-state index is 12.0. The molecular formula is C9H13N2O2P. The number of benzene rings is 1. The molecular weight excluding hydrogens is 199 g/mol. The van der Waals surface area contributed by atoms with Crippen LogP contribution in [0.15, 0.2) is 24.3 Å². The van der Waals surface area contributed by atoms with Gasteiger partial charge in [0, 0.05) is 12.2 Å². The van der Waals surface area contributed by atoms with E-state index in [0.29, 0.717) is 13.2 Å². The molecule has 1 aliphatic rings. The van der Waals surface area contributed by atoms with Gasteiger partial charge in [-0.15, -0.1) is 0 Å². The molecule has 1 heterocycles. The van der Waals surface area contributed by atoms with Crippen LogP contribution in [0.5, 0.6) is 0 Å². The summed E-state index contributed by atoms with van der Waals surface area (Å²) in [4.78, 5) is 0. The number of anilines is 1. The summed E-state index contributed by atoms with van der Waals surface area (Å²) in [6.07, 6.45) is 0. The van der Waals surface area contributed by atoms with Gasteiger partial charge in [0.2, 0.25) is 0 Å². The highest BCUT2D eigenvalue weighted by Crippen LogP contribution is 2.46. The van der Waals surface area contributed by atoms with E-state index in [1.807, 2.05) is 31.2 Å². The van der Waals surface area contributed by atoms with Crippen LogP contribution in [0, 0.1) is 0 Å². The molecule has 0 fully saturated rings. The molecule has 0 saturated carbocycles. The van der Waals surface area contributed by atoms with Crippen LogP contribution in [0.3, 0.4) is 0 Å². The molecule has 1 unspecified atom stereocenters. The molecule has 0 bridgehead atoms. The SMILES string of the molecule is CCOP1(=O)NCc2ccccc2N1. The molecule has 0 aromatic heterocycles. The second-order valence-corrected chi connectivity index (χ2v) is 4.97. The Bertz CT molecular complexity index is 381. The number of nitrogens with one attached hydrogen (secondary N) is 2. The summed E-state index contributed by atoms with van der Waals surface area (Å²) in [5.74, 6) is 0. The van der Waals surface area contributed by atoms with Gasteiger partial charge >= 0.3 is 7.67 Å². The number of rotatable bonds is 2. The van der Waals surface area contributed by atoms with Crippen molar-refractivity contribution in [2.24, 2.45) is 0 Å². The van der Waals surface area contributed by atoms with E-state index in [1.54, 1.807) is 0 Å². The van der Waals surface area contributed by atoms with Crippen molar-refractivity contribution in [2.45, 2.75) is 13.5 Å². The topological polar surface area (TPSA) is 50.4 Å². The number of hydrogen-bond donors (Lipinski definition) is 2. The molecule has 1 aromatic carbocycles. The van der Waals surface area contributed by atoms with Gasteiger partial charge in [-0.25, -0.2) is 9.65 Å². The van der Waals surface area contributed by atoms with E-state index in [9.17, 15) is 4.57 Å². The summed E-state index contributed by atoms with van der Waals surface area (Å²) < 4.78 is 17.1. The van der Waals surface area contributed by atoms with Crippen molar-refractivity contribution in [1.29, 1.82) is 0 Å². The maximum absolute atomic E-state index is 12.0. The fourth-order valence-corrected chi connectivity index (χ4v) is 2.94. The van der Waals surface area contributed by atoms with E-state index < -0.39 is 7.67 Å². The molecule has 1 aliphatic heterocycles. The van der Waals surface area contributed by atoms with Gasteiger partial charge in [-0.2, -0.15) is 0 Å². The van der Waals surface area contributed by atoms with Gasteiger partial charge in [-0.1, -0.05) is 18.2 Å².